The molecule has 0 saturated carbocycles. The van der Waals surface area contributed by atoms with Crippen LogP contribution in [0.3, 0.4) is 0 Å². The molecule has 1 aliphatic heterocycles. The summed E-state index contributed by atoms with van der Waals surface area (Å²) in [6, 6.07) is 7.29. The first-order valence-corrected chi connectivity index (χ1v) is 8.18. The Morgan fingerprint density at radius 3 is 2.95 bits per heavy atom. The van der Waals surface area contributed by atoms with Gasteiger partial charge >= 0.3 is 0 Å². The fraction of sp³-hybridized carbons (Fsp3) is 0.250. The van der Waals surface area contributed by atoms with Crippen LogP contribution in [0.1, 0.15) is 12.2 Å². The molecule has 5 heteroatoms. The highest BCUT2D eigenvalue weighted by Crippen LogP contribution is 2.30. The maximum absolute atomic E-state index is 14.4. The highest BCUT2D eigenvalue weighted by atomic mass is 32.2. The van der Waals surface area contributed by atoms with Crippen LogP contribution in [-0.2, 0) is 13.0 Å². The Hall–Kier alpha value is -1.88. The first-order chi connectivity index (χ1) is 10.3. The number of pyridine rings is 1. The average Bonchev–Trinajstić information content (AvgIpc) is 3.07. The maximum atomic E-state index is 14.4. The van der Waals surface area contributed by atoms with Gasteiger partial charge < -0.3 is 4.57 Å². The van der Waals surface area contributed by atoms with Crippen LogP contribution < -0.4 is 0 Å². The van der Waals surface area contributed by atoms with E-state index >= 15 is 0 Å². The Labute approximate surface area is 126 Å². The lowest BCUT2D eigenvalue weighted by Crippen LogP contribution is -1.93. The number of fused-ring (bicyclic) bond motifs is 3. The van der Waals surface area contributed by atoms with Gasteiger partial charge in [0.1, 0.15) is 11.6 Å². The van der Waals surface area contributed by atoms with Gasteiger partial charge in [-0.2, -0.15) is 0 Å². The molecule has 2 aromatic heterocycles. The zero-order chi connectivity index (χ0) is 14.4. The molecule has 0 bridgehead atoms. The Kier molecular flexibility index (Phi) is 2.96. The third-order valence-electron chi connectivity index (χ3n) is 3.95. The third-order valence-corrected chi connectivity index (χ3v) is 4.61. The summed E-state index contributed by atoms with van der Waals surface area (Å²) in [6.07, 6.45) is 5.81. The number of halogens is 1. The first-order valence-electron chi connectivity index (χ1n) is 6.95. The monoisotopic (exact) mass is 299 g/mol. The average molecular weight is 299 g/mol. The van der Waals surface area contributed by atoms with E-state index in [2.05, 4.69) is 14.5 Å². The van der Waals surface area contributed by atoms with E-state index in [9.17, 15) is 4.39 Å². The Bertz CT molecular complexity index is 824. The Morgan fingerprint density at radius 1 is 1.29 bits per heavy atom. The lowest BCUT2D eigenvalue weighted by atomic mass is 10.1. The number of aryl methyl sites for hydroxylation is 2. The smallest absolute Gasteiger partial charge is 0.133 e. The quantitative estimate of drug-likeness (QED) is 0.672. The van der Waals surface area contributed by atoms with Crippen molar-refractivity contribution in [2.45, 2.75) is 24.4 Å². The number of rotatable bonds is 2. The van der Waals surface area contributed by atoms with Crippen LogP contribution in [0.25, 0.3) is 22.2 Å². The molecule has 3 nitrogen and oxygen atoms in total. The molecule has 0 N–H and O–H groups in total. The van der Waals surface area contributed by atoms with Gasteiger partial charge in [-0.05, 0) is 24.8 Å². The summed E-state index contributed by atoms with van der Waals surface area (Å²) in [6.45, 7) is 0.973. The zero-order valence-electron chi connectivity index (χ0n) is 11.6. The Morgan fingerprint density at radius 2 is 2.19 bits per heavy atom. The minimum atomic E-state index is -0.238. The van der Waals surface area contributed by atoms with Crippen LogP contribution in [0.15, 0.2) is 35.5 Å². The molecule has 0 atom stereocenters. The largest absolute Gasteiger partial charge is 0.328 e. The standard InChI is InChI=1S/C16H14FN3S/c1-21-16-5-4-10(9-18-16)11-7-14-13(8-12(11)17)19-15-3-2-6-20(14)15/h4-5,7-9H,2-3,6H2,1H3. The molecule has 4 rings (SSSR count). The Balaban J connectivity index is 1.89. The van der Waals surface area contributed by atoms with Gasteiger partial charge in [-0.25, -0.2) is 14.4 Å². The molecule has 3 aromatic rings. The molecule has 0 fully saturated rings. The van der Waals surface area contributed by atoms with E-state index in [-0.39, 0.29) is 5.82 Å². The molecule has 1 aromatic carbocycles. The summed E-state index contributed by atoms with van der Waals surface area (Å²) in [5.41, 5.74) is 3.17. The minimum Gasteiger partial charge on any atom is -0.328 e. The van der Waals surface area contributed by atoms with Crippen molar-refractivity contribution in [3.63, 3.8) is 0 Å². The van der Waals surface area contributed by atoms with Crippen molar-refractivity contribution in [2.75, 3.05) is 6.26 Å². The van der Waals surface area contributed by atoms with Crippen molar-refractivity contribution in [3.05, 3.63) is 42.1 Å². The highest BCUT2D eigenvalue weighted by Gasteiger charge is 2.18. The predicted octanol–water partition coefficient (Wildman–Crippen LogP) is 3.91. The summed E-state index contributed by atoms with van der Waals surface area (Å²) in [4.78, 5) is 8.85. The highest BCUT2D eigenvalue weighted by molar-refractivity contribution is 7.98. The van der Waals surface area contributed by atoms with Gasteiger partial charge in [0.25, 0.3) is 0 Å². The molecule has 0 spiro atoms. The van der Waals surface area contributed by atoms with Gasteiger partial charge in [0.05, 0.1) is 16.1 Å². The summed E-state index contributed by atoms with van der Waals surface area (Å²) < 4.78 is 16.6. The van der Waals surface area contributed by atoms with Crippen molar-refractivity contribution in [3.8, 4) is 11.1 Å². The minimum absolute atomic E-state index is 0.238. The third kappa shape index (κ3) is 2.03. The number of imidazole rings is 1. The van der Waals surface area contributed by atoms with E-state index < -0.39 is 0 Å². The van der Waals surface area contributed by atoms with Crippen molar-refractivity contribution in [1.29, 1.82) is 0 Å². The lowest BCUT2D eigenvalue weighted by molar-refractivity contribution is 0.632. The van der Waals surface area contributed by atoms with Crippen molar-refractivity contribution < 1.29 is 4.39 Å². The van der Waals surface area contributed by atoms with E-state index in [4.69, 9.17) is 0 Å². The van der Waals surface area contributed by atoms with Gasteiger partial charge in [-0.1, -0.05) is 6.07 Å². The van der Waals surface area contributed by atoms with Gasteiger partial charge in [-0.15, -0.1) is 11.8 Å². The number of thioether (sulfide) groups is 1. The number of aromatic nitrogens is 3. The van der Waals surface area contributed by atoms with Gasteiger partial charge in [0, 0.05) is 36.4 Å². The zero-order valence-corrected chi connectivity index (χ0v) is 12.5. The summed E-state index contributed by atoms with van der Waals surface area (Å²) in [5, 5.41) is 0.936. The van der Waals surface area contributed by atoms with E-state index in [1.54, 1.807) is 24.0 Å². The molecule has 3 heterocycles. The normalized spacial score (nSPS) is 13.8. The van der Waals surface area contributed by atoms with Crippen molar-refractivity contribution in [1.82, 2.24) is 14.5 Å². The number of hydrogen-bond donors (Lipinski definition) is 0. The molecule has 1 aliphatic rings. The first kappa shape index (κ1) is 12.8. The predicted molar refractivity (Wildman–Crippen MR) is 83.0 cm³/mol. The van der Waals surface area contributed by atoms with Gasteiger partial charge in [0.15, 0.2) is 0 Å². The van der Waals surface area contributed by atoms with Crippen LogP contribution in [0.2, 0.25) is 0 Å². The SMILES string of the molecule is CSc1ccc(-c2cc3c(cc2F)nc2n3CCC2)cn1. The van der Waals surface area contributed by atoms with Gasteiger partial charge in [0.2, 0.25) is 0 Å². The molecule has 21 heavy (non-hydrogen) atoms. The van der Waals surface area contributed by atoms with E-state index in [0.29, 0.717) is 5.56 Å². The fourth-order valence-electron chi connectivity index (χ4n) is 2.91. The van der Waals surface area contributed by atoms with Crippen molar-refractivity contribution >= 4 is 22.8 Å². The molecular formula is C16H14FN3S. The van der Waals surface area contributed by atoms with Crippen molar-refractivity contribution in [2.24, 2.45) is 0 Å². The molecule has 0 aliphatic carbocycles. The second kappa shape index (κ2) is 4.84. The fourth-order valence-corrected chi connectivity index (χ4v) is 3.27. The maximum Gasteiger partial charge on any atom is 0.133 e. The van der Waals surface area contributed by atoms with E-state index in [1.165, 1.54) is 0 Å². The summed E-state index contributed by atoms with van der Waals surface area (Å²) in [7, 11) is 0. The molecule has 0 amide bonds. The van der Waals surface area contributed by atoms with E-state index in [1.807, 2.05) is 24.5 Å². The van der Waals surface area contributed by atoms with Crippen LogP contribution >= 0.6 is 11.8 Å². The topological polar surface area (TPSA) is 30.7 Å². The summed E-state index contributed by atoms with van der Waals surface area (Å²) in [5.74, 6) is 0.829. The number of nitrogens with zero attached hydrogens (tertiary/aromatic N) is 3. The summed E-state index contributed by atoms with van der Waals surface area (Å²) >= 11 is 1.58. The van der Waals surface area contributed by atoms with Crippen LogP contribution in [0.5, 0.6) is 0 Å². The molecule has 106 valence electrons. The lowest BCUT2D eigenvalue weighted by Gasteiger charge is -2.06. The van der Waals surface area contributed by atoms with Gasteiger partial charge in [-0.3, -0.25) is 0 Å². The number of benzene rings is 1. The molecule has 0 radical (unpaired) electrons. The molecular weight excluding hydrogens is 285 g/mol. The van der Waals surface area contributed by atoms with E-state index in [0.717, 1.165) is 46.8 Å². The van der Waals surface area contributed by atoms with Crippen LogP contribution in [0, 0.1) is 5.82 Å². The molecule has 0 saturated heterocycles. The second-order valence-electron chi connectivity index (χ2n) is 5.19. The second-order valence-corrected chi connectivity index (χ2v) is 6.02. The van der Waals surface area contributed by atoms with Crippen LogP contribution in [0.4, 0.5) is 4.39 Å². The van der Waals surface area contributed by atoms with Crippen LogP contribution in [-0.4, -0.2) is 20.8 Å². The number of hydrogen-bond acceptors (Lipinski definition) is 3. The molecule has 0 unspecified atom stereocenters.